The van der Waals surface area contributed by atoms with Crippen molar-refractivity contribution in [3.8, 4) is 0 Å². The minimum atomic E-state index is -0.225. The summed E-state index contributed by atoms with van der Waals surface area (Å²) in [5.74, 6) is 0.823. The van der Waals surface area contributed by atoms with Crippen molar-refractivity contribution in [3.63, 3.8) is 0 Å². The third kappa shape index (κ3) is 2.39. The third-order valence-corrected chi connectivity index (χ3v) is 3.05. The van der Waals surface area contributed by atoms with Crippen LogP contribution in [0.4, 0.5) is 0 Å². The Morgan fingerprint density at radius 3 is 3.11 bits per heavy atom. The number of carbonyl (C=O) groups excluding carboxylic acids is 1. The van der Waals surface area contributed by atoms with Crippen molar-refractivity contribution in [1.82, 2.24) is 10.1 Å². The smallest absolute Gasteiger partial charge is 0.292 e. The maximum atomic E-state index is 12.2. The molecule has 0 spiro atoms. The Balaban J connectivity index is 1.73. The standard InChI is InChI=1S/C13H14N2O4/c1-9-7-11(19-14-9)13(16)15-4-6-18-12(8-15)10-3-2-5-17-10/h2-3,5,7,12H,4,6,8H2,1H3. The van der Waals surface area contributed by atoms with Gasteiger partial charge in [0, 0.05) is 12.6 Å². The molecule has 0 aromatic carbocycles. The summed E-state index contributed by atoms with van der Waals surface area (Å²) in [6.45, 7) is 3.25. The average Bonchev–Trinajstić information content (AvgIpc) is 3.09. The second-order valence-corrected chi connectivity index (χ2v) is 4.46. The fourth-order valence-electron chi connectivity index (χ4n) is 2.10. The molecule has 3 heterocycles. The largest absolute Gasteiger partial charge is 0.467 e. The second kappa shape index (κ2) is 4.89. The number of carbonyl (C=O) groups is 1. The molecule has 6 nitrogen and oxygen atoms in total. The Kier molecular flexibility index (Phi) is 3.08. The molecule has 0 bridgehead atoms. The lowest BCUT2D eigenvalue weighted by Crippen LogP contribution is -2.42. The zero-order chi connectivity index (χ0) is 13.2. The highest BCUT2D eigenvalue weighted by atomic mass is 16.5. The lowest BCUT2D eigenvalue weighted by Gasteiger charge is -2.31. The van der Waals surface area contributed by atoms with Crippen molar-refractivity contribution < 1.29 is 18.5 Å². The Morgan fingerprint density at radius 2 is 2.42 bits per heavy atom. The lowest BCUT2D eigenvalue weighted by atomic mass is 10.2. The monoisotopic (exact) mass is 262 g/mol. The molecule has 1 atom stereocenters. The van der Waals surface area contributed by atoms with Crippen LogP contribution in [0.5, 0.6) is 0 Å². The molecule has 1 aliphatic heterocycles. The fraction of sp³-hybridized carbons (Fsp3) is 0.385. The van der Waals surface area contributed by atoms with Crippen LogP contribution in [0.15, 0.2) is 33.4 Å². The molecule has 1 fully saturated rings. The number of rotatable bonds is 2. The number of morpholine rings is 1. The van der Waals surface area contributed by atoms with Gasteiger partial charge in [-0.3, -0.25) is 4.79 Å². The van der Waals surface area contributed by atoms with E-state index >= 15 is 0 Å². The normalized spacial score (nSPS) is 19.6. The zero-order valence-electron chi connectivity index (χ0n) is 10.5. The maximum absolute atomic E-state index is 12.2. The molecular formula is C13H14N2O4. The third-order valence-electron chi connectivity index (χ3n) is 3.05. The first-order chi connectivity index (χ1) is 9.24. The van der Waals surface area contributed by atoms with E-state index in [1.807, 2.05) is 6.07 Å². The van der Waals surface area contributed by atoms with E-state index in [9.17, 15) is 4.79 Å². The molecule has 2 aromatic heterocycles. The van der Waals surface area contributed by atoms with Crippen LogP contribution in [0.1, 0.15) is 28.1 Å². The first kappa shape index (κ1) is 12.0. The summed E-state index contributed by atoms with van der Waals surface area (Å²) >= 11 is 0. The van der Waals surface area contributed by atoms with Crippen LogP contribution in [0, 0.1) is 6.92 Å². The maximum Gasteiger partial charge on any atom is 0.292 e. The summed E-state index contributed by atoms with van der Waals surface area (Å²) in [7, 11) is 0. The number of furan rings is 1. The number of hydrogen-bond acceptors (Lipinski definition) is 5. The molecule has 0 radical (unpaired) electrons. The van der Waals surface area contributed by atoms with E-state index in [-0.39, 0.29) is 17.8 Å². The number of amides is 1. The summed E-state index contributed by atoms with van der Waals surface area (Å²) in [5.41, 5.74) is 0.694. The molecule has 1 unspecified atom stereocenters. The minimum absolute atomic E-state index is 0.166. The van der Waals surface area contributed by atoms with Gasteiger partial charge in [-0.2, -0.15) is 0 Å². The van der Waals surface area contributed by atoms with Gasteiger partial charge < -0.3 is 18.6 Å². The van der Waals surface area contributed by atoms with Crippen LogP contribution < -0.4 is 0 Å². The molecule has 0 aliphatic carbocycles. The van der Waals surface area contributed by atoms with Crippen molar-refractivity contribution in [2.24, 2.45) is 0 Å². The van der Waals surface area contributed by atoms with Gasteiger partial charge in [0.1, 0.15) is 11.9 Å². The molecule has 19 heavy (non-hydrogen) atoms. The highest BCUT2D eigenvalue weighted by Gasteiger charge is 2.29. The van der Waals surface area contributed by atoms with E-state index in [1.165, 1.54) is 0 Å². The van der Waals surface area contributed by atoms with E-state index in [2.05, 4.69) is 5.16 Å². The molecule has 1 saturated heterocycles. The molecule has 3 rings (SSSR count). The number of hydrogen-bond donors (Lipinski definition) is 0. The van der Waals surface area contributed by atoms with Crippen LogP contribution >= 0.6 is 0 Å². The Labute approximate surface area is 109 Å². The van der Waals surface area contributed by atoms with Crippen LogP contribution in [-0.4, -0.2) is 35.7 Å². The SMILES string of the molecule is Cc1cc(C(=O)N2CCOC(c3ccco3)C2)on1. The van der Waals surface area contributed by atoms with E-state index in [1.54, 1.807) is 30.2 Å². The van der Waals surface area contributed by atoms with Gasteiger partial charge in [0.2, 0.25) is 5.76 Å². The number of nitrogens with zero attached hydrogens (tertiary/aromatic N) is 2. The van der Waals surface area contributed by atoms with Gasteiger partial charge in [0.15, 0.2) is 0 Å². The zero-order valence-corrected chi connectivity index (χ0v) is 10.5. The molecule has 1 aliphatic rings. The van der Waals surface area contributed by atoms with Gasteiger partial charge in [-0.1, -0.05) is 5.16 Å². The van der Waals surface area contributed by atoms with Gasteiger partial charge in [-0.25, -0.2) is 0 Å². The lowest BCUT2D eigenvalue weighted by molar-refractivity contribution is -0.0331. The molecular weight excluding hydrogens is 248 g/mol. The molecule has 6 heteroatoms. The highest BCUT2D eigenvalue weighted by Crippen LogP contribution is 2.23. The van der Waals surface area contributed by atoms with Crippen LogP contribution in [0.25, 0.3) is 0 Å². The number of aryl methyl sites for hydroxylation is 1. The van der Waals surface area contributed by atoms with E-state index in [4.69, 9.17) is 13.7 Å². The van der Waals surface area contributed by atoms with Gasteiger partial charge in [-0.05, 0) is 19.1 Å². The Morgan fingerprint density at radius 1 is 1.53 bits per heavy atom. The summed E-state index contributed by atoms with van der Waals surface area (Å²) < 4.78 is 15.9. The van der Waals surface area contributed by atoms with Gasteiger partial charge in [0.05, 0.1) is 25.1 Å². The quantitative estimate of drug-likeness (QED) is 0.825. The van der Waals surface area contributed by atoms with Crippen molar-refractivity contribution in [1.29, 1.82) is 0 Å². The van der Waals surface area contributed by atoms with Crippen LogP contribution in [-0.2, 0) is 4.74 Å². The van der Waals surface area contributed by atoms with Crippen molar-refractivity contribution in [3.05, 3.63) is 41.7 Å². The molecule has 0 saturated carbocycles. The molecule has 1 amide bonds. The van der Waals surface area contributed by atoms with E-state index in [0.29, 0.717) is 25.4 Å². The summed E-state index contributed by atoms with van der Waals surface area (Å²) in [5, 5.41) is 3.73. The number of aromatic nitrogens is 1. The van der Waals surface area contributed by atoms with Gasteiger partial charge in [0.25, 0.3) is 5.91 Å². The van der Waals surface area contributed by atoms with Gasteiger partial charge >= 0.3 is 0 Å². The first-order valence-electron chi connectivity index (χ1n) is 6.11. The highest BCUT2D eigenvalue weighted by molar-refractivity contribution is 5.91. The van der Waals surface area contributed by atoms with Crippen molar-refractivity contribution in [2.75, 3.05) is 19.7 Å². The Bertz CT molecular complexity index is 561. The molecule has 0 N–H and O–H groups in total. The van der Waals surface area contributed by atoms with E-state index in [0.717, 1.165) is 5.76 Å². The first-order valence-corrected chi connectivity index (χ1v) is 6.11. The summed E-state index contributed by atoms with van der Waals surface area (Å²) in [4.78, 5) is 13.9. The van der Waals surface area contributed by atoms with Crippen LogP contribution in [0.2, 0.25) is 0 Å². The summed E-state index contributed by atoms with van der Waals surface area (Å²) in [6.07, 6.45) is 1.37. The molecule has 2 aromatic rings. The minimum Gasteiger partial charge on any atom is -0.467 e. The van der Waals surface area contributed by atoms with Crippen molar-refractivity contribution >= 4 is 5.91 Å². The molecule has 100 valence electrons. The predicted molar refractivity (Wildman–Crippen MR) is 64.5 cm³/mol. The predicted octanol–water partition coefficient (Wildman–Crippen LogP) is 1.79. The summed E-state index contributed by atoms with van der Waals surface area (Å²) in [6, 6.07) is 5.29. The topological polar surface area (TPSA) is 68.7 Å². The van der Waals surface area contributed by atoms with Crippen molar-refractivity contribution in [2.45, 2.75) is 13.0 Å². The Hall–Kier alpha value is -2.08. The van der Waals surface area contributed by atoms with Gasteiger partial charge in [-0.15, -0.1) is 0 Å². The van der Waals surface area contributed by atoms with Crippen LogP contribution in [0.3, 0.4) is 0 Å². The van der Waals surface area contributed by atoms with E-state index < -0.39 is 0 Å². The average molecular weight is 262 g/mol. The fourth-order valence-corrected chi connectivity index (χ4v) is 2.10. The second-order valence-electron chi connectivity index (χ2n) is 4.46. The number of ether oxygens (including phenoxy) is 1.